The maximum Gasteiger partial charge on any atom is 0.319 e. The first-order chi connectivity index (χ1) is 27.2. The summed E-state index contributed by atoms with van der Waals surface area (Å²) in [6, 6.07) is 3.88. The first-order valence-electron chi connectivity index (χ1n) is 19.9. The first-order valence-corrected chi connectivity index (χ1v) is 23.3. The van der Waals surface area contributed by atoms with Gasteiger partial charge in [-0.2, -0.15) is 15.2 Å². The topological polar surface area (TPSA) is 110 Å². The van der Waals surface area contributed by atoms with E-state index in [2.05, 4.69) is 68.9 Å². The number of aromatic nitrogens is 2. The maximum atomic E-state index is 17.7. The number of rotatable bonds is 8. The Morgan fingerprint density at radius 3 is 2.56 bits per heavy atom. The van der Waals surface area contributed by atoms with E-state index in [1.54, 1.807) is 0 Å². The molecule has 1 unspecified atom stereocenters. The monoisotopic (exact) mass is 836 g/mol. The zero-order valence-corrected chi connectivity index (χ0v) is 35.7. The molecule has 6 heterocycles. The van der Waals surface area contributed by atoms with Crippen molar-refractivity contribution in [2.45, 2.75) is 108 Å². The van der Waals surface area contributed by atoms with E-state index in [0.29, 0.717) is 55.0 Å². The number of fused-ring (bicyclic) bond motifs is 2. The smallest absolute Gasteiger partial charge is 0.319 e. The van der Waals surface area contributed by atoms with Crippen molar-refractivity contribution in [2.75, 3.05) is 50.2 Å². The van der Waals surface area contributed by atoms with Crippen molar-refractivity contribution in [3.05, 3.63) is 34.4 Å². The summed E-state index contributed by atoms with van der Waals surface area (Å²) in [6.07, 6.45) is 1.73. The van der Waals surface area contributed by atoms with E-state index >= 15 is 8.78 Å². The number of nitriles is 1. The quantitative estimate of drug-likeness (QED) is 0.137. The Balaban J connectivity index is 1.37. The standard InChI is InChI=1S/C42H48ClF3N6O3SSi/c1-22(2)57(23(3)4,24(5)6)15-11-27-20-54-37-33-36(35(46)32(34(37)43)28-8-9-30(45)38-31(28)29(17-47)39(48)56-38)49-41(50-40(33)52(27)26-10-14-53-19-26)55-21-42-12-7-13-51(42)18-25(44)16-42/h8-9,22-27H,7,10,12-14,16,18-21,48H2,1-6H3/t25-,26?,27+,42+/m1/s1. The Morgan fingerprint density at radius 1 is 1.12 bits per heavy atom. The second-order valence-corrected chi connectivity index (χ2v) is 23.9. The van der Waals surface area contributed by atoms with Crippen LogP contribution in [0.5, 0.6) is 11.8 Å². The van der Waals surface area contributed by atoms with Crippen molar-refractivity contribution in [3.8, 4) is 40.4 Å². The highest BCUT2D eigenvalue weighted by atomic mass is 35.5. The predicted molar refractivity (Wildman–Crippen MR) is 223 cm³/mol. The van der Waals surface area contributed by atoms with Gasteiger partial charge in [0, 0.05) is 30.5 Å². The van der Waals surface area contributed by atoms with Gasteiger partial charge >= 0.3 is 6.01 Å². The summed E-state index contributed by atoms with van der Waals surface area (Å²) < 4.78 is 66.9. The molecular formula is C42H48ClF3N6O3SSi. The number of hydrogen-bond acceptors (Lipinski definition) is 10. The fourth-order valence-corrected chi connectivity index (χ4v) is 16.9. The highest BCUT2D eigenvalue weighted by Gasteiger charge is 2.50. The van der Waals surface area contributed by atoms with Crippen molar-refractivity contribution in [1.82, 2.24) is 14.9 Å². The minimum atomic E-state index is -2.23. The number of halogens is 4. The van der Waals surface area contributed by atoms with E-state index in [-0.39, 0.29) is 78.7 Å². The summed E-state index contributed by atoms with van der Waals surface area (Å²) in [7, 11) is -2.23. The molecular weight excluding hydrogens is 789 g/mol. The van der Waals surface area contributed by atoms with Gasteiger partial charge in [-0.05, 0) is 54.1 Å². The van der Waals surface area contributed by atoms with Crippen LogP contribution in [0.2, 0.25) is 21.6 Å². The first kappa shape index (κ1) is 40.0. The van der Waals surface area contributed by atoms with Crippen LogP contribution >= 0.6 is 22.9 Å². The maximum absolute atomic E-state index is 17.7. The van der Waals surface area contributed by atoms with Crippen molar-refractivity contribution < 1.29 is 27.4 Å². The Kier molecular flexibility index (Phi) is 10.6. The van der Waals surface area contributed by atoms with E-state index < -0.39 is 37.5 Å². The minimum absolute atomic E-state index is 0.0261. The number of nitrogens with two attached hydrogens (primary N) is 1. The van der Waals surface area contributed by atoms with Crippen LogP contribution in [-0.2, 0) is 4.74 Å². The van der Waals surface area contributed by atoms with Crippen molar-refractivity contribution in [2.24, 2.45) is 0 Å². The largest absolute Gasteiger partial charge is 0.488 e. The van der Waals surface area contributed by atoms with Gasteiger partial charge in [0.05, 0.1) is 38.9 Å². The van der Waals surface area contributed by atoms with Gasteiger partial charge in [0.25, 0.3) is 0 Å². The molecule has 15 heteroatoms. The SMILES string of the molecule is CC(C)[Si](C#C[C@H]1COc2c(Cl)c(-c3ccc(F)c4sc(N)c(C#N)c34)c(F)c3nc(OC[C@@]45CCCN4C[C@H](F)C5)nc(c23)N1C1CCOC1)(C(C)C)C(C)C. The molecule has 9 nitrogen and oxygen atoms in total. The molecule has 0 aliphatic carbocycles. The molecule has 2 N–H and O–H groups in total. The van der Waals surface area contributed by atoms with Crippen LogP contribution in [-0.4, -0.2) is 86.3 Å². The van der Waals surface area contributed by atoms with Gasteiger partial charge in [-0.25, -0.2) is 13.2 Å². The van der Waals surface area contributed by atoms with Crippen molar-refractivity contribution >= 4 is 62.8 Å². The lowest BCUT2D eigenvalue weighted by atomic mass is 9.95. The lowest BCUT2D eigenvalue weighted by Gasteiger charge is -2.39. The van der Waals surface area contributed by atoms with Gasteiger partial charge in [0.1, 0.15) is 61.7 Å². The number of thiophene rings is 1. The van der Waals surface area contributed by atoms with Gasteiger partial charge in [-0.3, -0.25) is 4.90 Å². The van der Waals surface area contributed by atoms with Crippen LogP contribution in [0.25, 0.3) is 32.1 Å². The number of benzene rings is 2. The Labute approximate surface area is 341 Å². The van der Waals surface area contributed by atoms with E-state index in [9.17, 15) is 9.65 Å². The molecule has 302 valence electrons. The fourth-order valence-electron chi connectivity index (χ4n) is 10.3. The lowest BCUT2D eigenvalue weighted by molar-refractivity contribution is 0.107. The lowest BCUT2D eigenvalue weighted by Crippen LogP contribution is -2.48. The molecule has 0 saturated carbocycles. The molecule has 0 radical (unpaired) electrons. The molecule has 4 aliphatic heterocycles. The molecule has 2 aromatic heterocycles. The number of anilines is 2. The van der Waals surface area contributed by atoms with E-state index in [0.717, 1.165) is 30.7 Å². The van der Waals surface area contributed by atoms with Gasteiger partial charge in [-0.1, -0.05) is 65.1 Å². The summed E-state index contributed by atoms with van der Waals surface area (Å²) in [4.78, 5) is 14.0. The number of ether oxygens (including phenoxy) is 3. The third-order valence-corrected chi connectivity index (χ3v) is 20.7. The van der Waals surface area contributed by atoms with Gasteiger partial charge in [0.2, 0.25) is 0 Å². The molecule has 2 aromatic carbocycles. The molecule has 4 aliphatic rings. The zero-order chi connectivity index (χ0) is 40.6. The molecule has 3 saturated heterocycles. The molecule has 0 bridgehead atoms. The summed E-state index contributed by atoms with van der Waals surface area (Å²) in [5, 5.41) is 10.5. The molecule has 57 heavy (non-hydrogen) atoms. The van der Waals surface area contributed by atoms with E-state index in [1.165, 1.54) is 12.1 Å². The van der Waals surface area contributed by atoms with Gasteiger partial charge < -0.3 is 24.8 Å². The highest BCUT2D eigenvalue weighted by Crippen LogP contribution is 2.52. The normalized spacial score (nSPS) is 23.6. The third kappa shape index (κ3) is 6.42. The fraction of sp³-hybridized carbons (Fsp3) is 0.548. The Morgan fingerprint density at radius 2 is 1.88 bits per heavy atom. The molecule has 0 amide bonds. The van der Waals surface area contributed by atoms with Crippen LogP contribution in [0.4, 0.5) is 24.0 Å². The number of nitrogens with zero attached hydrogens (tertiary/aromatic N) is 5. The summed E-state index contributed by atoms with van der Waals surface area (Å²) in [5.74, 6) is 2.78. The van der Waals surface area contributed by atoms with E-state index in [1.807, 2.05) is 0 Å². The second-order valence-electron chi connectivity index (χ2n) is 16.9. The van der Waals surface area contributed by atoms with Gasteiger partial charge in [0.15, 0.2) is 11.6 Å². The second kappa shape index (κ2) is 15.1. The third-order valence-electron chi connectivity index (χ3n) is 13.0. The number of hydrogen-bond donors (Lipinski definition) is 1. The van der Waals surface area contributed by atoms with Crippen LogP contribution < -0.4 is 20.1 Å². The van der Waals surface area contributed by atoms with Crippen LogP contribution in [0.3, 0.4) is 0 Å². The summed E-state index contributed by atoms with van der Waals surface area (Å²) in [5.41, 5.74) is 10.7. The average Bonchev–Trinajstić information content (AvgIpc) is 3.93. The van der Waals surface area contributed by atoms with Crippen molar-refractivity contribution in [1.29, 1.82) is 5.26 Å². The molecule has 4 atom stereocenters. The van der Waals surface area contributed by atoms with E-state index in [4.69, 9.17) is 41.5 Å². The molecule has 3 fully saturated rings. The predicted octanol–water partition coefficient (Wildman–Crippen LogP) is 9.43. The zero-order valence-electron chi connectivity index (χ0n) is 33.1. The average molecular weight is 837 g/mol. The molecule has 4 aromatic rings. The van der Waals surface area contributed by atoms with Crippen LogP contribution in [0.15, 0.2) is 12.1 Å². The summed E-state index contributed by atoms with van der Waals surface area (Å²) in [6.45, 7) is 15.8. The number of nitrogen functional groups attached to an aromatic ring is 1. The number of alkyl halides is 1. The van der Waals surface area contributed by atoms with Crippen molar-refractivity contribution in [3.63, 3.8) is 0 Å². The molecule has 0 spiro atoms. The highest BCUT2D eigenvalue weighted by molar-refractivity contribution is 7.23. The Hall–Kier alpha value is -3.79. The minimum Gasteiger partial charge on any atom is -0.488 e. The molecule has 8 rings (SSSR count). The van der Waals surface area contributed by atoms with Gasteiger partial charge in [-0.15, -0.1) is 16.9 Å². The van der Waals surface area contributed by atoms with Crippen LogP contribution in [0.1, 0.15) is 72.8 Å². The summed E-state index contributed by atoms with van der Waals surface area (Å²) >= 11 is 8.18. The Bertz CT molecular complexity index is 2330. The van der Waals surface area contributed by atoms with Crippen LogP contribution in [0, 0.1) is 34.4 Å².